The van der Waals surface area contributed by atoms with Crippen LogP contribution < -0.4 is 9.47 Å². The van der Waals surface area contributed by atoms with Gasteiger partial charge in [0.2, 0.25) is 20.0 Å². The fourth-order valence-electron chi connectivity index (χ4n) is 3.09. The van der Waals surface area contributed by atoms with E-state index in [2.05, 4.69) is 0 Å². The zero-order valence-electron chi connectivity index (χ0n) is 15.6. The summed E-state index contributed by atoms with van der Waals surface area (Å²) in [4.78, 5) is 0.136. The van der Waals surface area contributed by atoms with E-state index in [1.165, 1.54) is 35.0 Å². The standard InChI is InChI=1S/C18H22N2O6S2/c1-25-15-7-3-5-9-17(15)27(21,22)19-11-13-20(14-12-19)28(23,24)18-10-6-4-8-16(18)26-2/h3-10H,11-14H2,1-2H3. The van der Waals surface area contributed by atoms with E-state index < -0.39 is 20.0 Å². The van der Waals surface area contributed by atoms with Gasteiger partial charge in [-0.3, -0.25) is 0 Å². The Hall–Kier alpha value is -2.14. The number of hydrogen-bond donors (Lipinski definition) is 0. The highest BCUT2D eigenvalue weighted by atomic mass is 32.2. The van der Waals surface area contributed by atoms with E-state index in [4.69, 9.17) is 9.47 Å². The molecule has 8 nitrogen and oxygen atoms in total. The van der Waals surface area contributed by atoms with E-state index in [1.54, 1.807) is 36.4 Å². The van der Waals surface area contributed by atoms with Gasteiger partial charge in [-0.2, -0.15) is 8.61 Å². The first-order valence-electron chi connectivity index (χ1n) is 8.58. The van der Waals surface area contributed by atoms with E-state index in [1.807, 2.05) is 0 Å². The molecule has 0 aromatic heterocycles. The Morgan fingerprint density at radius 3 is 1.29 bits per heavy atom. The van der Waals surface area contributed by atoms with Gasteiger partial charge in [-0.05, 0) is 24.3 Å². The van der Waals surface area contributed by atoms with Crippen LogP contribution >= 0.6 is 0 Å². The van der Waals surface area contributed by atoms with Crippen molar-refractivity contribution in [3.63, 3.8) is 0 Å². The minimum absolute atomic E-state index is 0.0504. The van der Waals surface area contributed by atoms with Gasteiger partial charge in [-0.25, -0.2) is 16.8 Å². The van der Waals surface area contributed by atoms with Crippen LogP contribution in [0.4, 0.5) is 0 Å². The van der Waals surface area contributed by atoms with Gasteiger partial charge in [-0.1, -0.05) is 24.3 Å². The van der Waals surface area contributed by atoms with E-state index in [9.17, 15) is 16.8 Å². The number of para-hydroxylation sites is 2. The molecule has 0 saturated carbocycles. The molecule has 0 bridgehead atoms. The molecule has 2 aromatic carbocycles. The molecule has 0 N–H and O–H groups in total. The van der Waals surface area contributed by atoms with Gasteiger partial charge in [0.25, 0.3) is 0 Å². The van der Waals surface area contributed by atoms with Gasteiger partial charge >= 0.3 is 0 Å². The number of hydrogen-bond acceptors (Lipinski definition) is 6. The van der Waals surface area contributed by atoms with Crippen LogP contribution in [-0.2, 0) is 20.0 Å². The van der Waals surface area contributed by atoms with Crippen LogP contribution in [0.1, 0.15) is 0 Å². The molecule has 0 radical (unpaired) electrons. The molecule has 1 saturated heterocycles. The lowest BCUT2D eigenvalue weighted by atomic mass is 10.3. The lowest BCUT2D eigenvalue weighted by Gasteiger charge is -2.33. The molecule has 0 atom stereocenters. The predicted octanol–water partition coefficient (Wildman–Crippen LogP) is 1.40. The first kappa shape index (κ1) is 20.6. The van der Waals surface area contributed by atoms with Crippen molar-refractivity contribution >= 4 is 20.0 Å². The fraction of sp³-hybridized carbons (Fsp3) is 0.333. The lowest BCUT2D eigenvalue weighted by Crippen LogP contribution is -2.50. The van der Waals surface area contributed by atoms with Crippen molar-refractivity contribution in [1.29, 1.82) is 0 Å². The van der Waals surface area contributed by atoms with Gasteiger partial charge in [0, 0.05) is 26.2 Å². The predicted molar refractivity (Wildman–Crippen MR) is 104 cm³/mol. The molecule has 1 heterocycles. The highest BCUT2D eigenvalue weighted by molar-refractivity contribution is 7.89. The van der Waals surface area contributed by atoms with E-state index in [0.717, 1.165) is 0 Å². The number of nitrogens with zero attached hydrogens (tertiary/aromatic N) is 2. The van der Waals surface area contributed by atoms with Crippen LogP contribution in [0, 0.1) is 0 Å². The van der Waals surface area contributed by atoms with Crippen molar-refractivity contribution in [2.75, 3.05) is 40.4 Å². The fourth-order valence-corrected chi connectivity index (χ4v) is 6.25. The molecule has 28 heavy (non-hydrogen) atoms. The van der Waals surface area contributed by atoms with E-state index >= 15 is 0 Å². The Balaban J connectivity index is 1.81. The van der Waals surface area contributed by atoms with Crippen LogP contribution in [-0.4, -0.2) is 65.8 Å². The van der Waals surface area contributed by atoms with Crippen LogP contribution in [0.15, 0.2) is 58.3 Å². The molecule has 10 heteroatoms. The highest BCUT2D eigenvalue weighted by Crippen LogP contribution is 2.30. The van der Waals surface area contributed by atoms with Crippen LogP contribution in [0.2, 0.25) is 0 Å². The molecule has 0 unspecified atom stereocenters. The van der Waals surface area contributed by atoms with Gasteiger partial charge in [-0.15, -0.1) is 0 Å². The molecule has 2 aromatic rings. The average Bonchev–Trinajstić information content (AvgIpc) is 2.73. The molecular weight excluding hydrogens is 404 g/mol. The average molecular weight is 427 g/mol. The third-order valence-electron chi connectivity index (χ3n) is 4.57. The monoisotopic (exact) mass is 426 g/mol. The summed E-state index contributed by atoms with van der Waals surface area (Å²) in [6, 6.07) is 12.7. The highest BCUT2D eigenvalue weighted by Gasteiger charge is 2.35. The Morgan fingerprint density at radius 1 is 0.643 bits per heavy atom. The van der Waals surface area contributed by atoms with Crippen molar-refractivity contribution < 1.29 is 26.3 Å². The summed E-state index contributed by atoms with van der Waals surface area (Å²) in [5.41, 5.74) is 0. The number of sulfonamides is 2. The van der Waals surface area contributed by atoms with Gasteiger partial charge in [0.05, 0.1) is 14.2 Å². The summed E-state index contributed by atoms with van der Waals surface area (Å²) in [5, 5.41) is 0. The normalized spacial score (nSPS) is 16.6. The van der Waals surface area contributed by atoms with E-state index in [-0.39, 0.29) is 47.5 Å². The Morgan fingerprint density at radius 2 is 0.964 bits per heavy atom. The third kappa shape index (κ3) is 3.72. The molecule has 0 aliphatic carbocycles. The van der Waals surface area contributed by atoms with Gasteiger partial charge < -0.3 is 9.47 Å². The third-order valence-corrected chi connectivity index (χ3v) is 8.45. The minimum atomic E-state index is -3.79. The Labute approximate surface area is 165 Å². The van der Waals surface area contributed by atoms with Crippen LogP contribution in [0.3, 0.4) is 0 Å². The quantitative estimate of drug-likeness (QED) is 0.693. The number of methoxy groups -OCH3 is 2. The van der Waals surface area contributed by atoms with Crippen molar-refractivity contribution in [2.24, 2.45) is 0 Å². The van der Waals surface area contributed by atoms with Crippen LogP contribution in [0.5, 0.6) is 11.5 Å². The summed E-state index contributed by atoms with van der Waals surface area (Å²) in [7, 11) is -4.76. The first-order chi connectivity index (χ1) is 13.3. The molecule has 1 aliphatic heterocycles. The summed E-state index contributed by atoms with van der Waals surface area (Å²) in [6.07, 6.45) is 0. The molecule has 1 aliphatic rings. The Kier molecular flexibility index (Phi) is 5.94. The first-order valence-corrected chi connectivity index (χ1v) is 11.5. The summed E-state index contributed by atoms with van der Waals surface area (Å²) in [5.74, 6) is 0.512. The van der Waals surface area contributed by atoms with Crippen molar-refractivity contribution in [1.82, 2.24) is 8.61 Å². The van der Waals surface area contributed by atoms with Crippen molar-refractivity contribution in [3.8, 4) is 11.5 Å². The smallest absolute Gasteiger partial charge is 0.246 e. The summed E-state index contributed by atoms with van der Waals surface area (Å²) < 4.78 is 64.7. The maximum Gasteiger partial charge on any atom is 0.246 e. The molecule has 0 spiro atoms. The topological polar surface area (TPSA) is 93.2 Å². The van der Waals surface area contributed by atoms with Crippen LogP contribution in [0.25, 0.3) is 0 Å². The second-order valence-corrected chi connectivity index (χ2v) is 9.92. The van der Waals surface area contributed by atoms with Crippen molar-refractivity contribution in [3.05, 3.63) is 48.5 Å². The lowest BCUT2D eigenvalue weighted by molar-refractivity contribution is 0.271. The second kappa shape index (κ2) is 8.08. The maximum atomic E-state index is 13.0. The maximum absolute atomic E-state index is 13.0. The second-order valence-electron chi connectivity index (χ2n) is 6.11. The van der Waals surface area contributed by atoms with Gasteiger partial charge in [0.15, 0.2) is 0 Å². The largest absolute Gasteiger partial charge is 0.495 e. The summed E-state index contributed by atoms with van der Waals surface area (Å²) in [6.45, 7) is 0.201. The molecule has 152 valence electrons. The number of rotatable bonds is 6. The van der Waals surface area contributed by atoms with Gasteiger partial charge in [0.1, 0.15) is 21.3 Å². The minimum Gasteiger partial charge on any atom is -0.495 e. The molecule has 0 amide bonds. The van der Waals surface area contributed by atoms with Crippen molar-refractivity contribution in [2.45, 2.75) is 9.79 Å². The number of ether oxygens (including phenoxy) is 2. The summed E-state index contributed by atoms with van der Waals surface area (Å²) >= 11 is 0. The molecule has 1 fully saturated rings. The zero-order valence-corrected chi connectivity index (χ0v) is 17.2. The molecular formula is C18H22N2O6S2. The SMILES string of the molecule is COc1ccccc1S(=O)(=O)N1CCN(S(=O)(=O)c2ccccc2OC)CC1. The molecule has 3 rings (SSSR count). The zero-order chi connectivity index (χ0) is 20.4. The number of piperazine rings is 1. The number of benzene rings is 2. The van der Waals surface area contributed by atoms with E-state index in [0.29, 0.717) is 0 Å². The Bertz CT molecular complexity index is 960.